The summed E-state index contributed by atoms with van der Waals surface area (Å²) in [5.74, 6) is 0.582. The zero-order valence-electron chi connectivity index (χ0n) is 15.8. The Balaban J connectivity index is 1.51. The predicted octanol–water partition coefficient (Wildman–Crippen LogP) is 4.83. The molecule has 3 aromatic rings. The molecule has 0 radical (unpaired) electrons. The summed E-state index contributed by atoms with van der Waals surface area (Å²) in [6.07, 6.45) is 1.45. The number of nitrogens with zero attached hydrogens (tertiary/aromatic N) is 1. The van der Waals surface area contributed by atoms with E-state index in [1.807, 2.05) is 24.3 Å². The van der Waals surface area contributed by atoms with Gasteiger partial charge in [0, 0.05) is 18.8 Å². The molecule has 2 atom stereocenters. The van der Waals surface area contributed by atoms with Gasteiger partial charge in [0.2, 0.25) is 0 Å². The average Bonchev–Trinajstić information content (AvgIpc) is 3.43. The Hall–Kier alpha value is -3.12. The number of carbonyl (C=O) groups is 1. The highest BCUT2D eigenvalue weighted by atomic mass is 19.1. The number of benzene rings is 2. The van der Waals surface area contributed by atoms with Crippen molar-refractivity contribution in [3.8, 4) is 11.3 Å². The van der Waals surface area contributed by atoms with Crippen molar-refractivity contribution in [2.45, 2.75) is 25.1 Å². The molecule has 5 nitrogen and oxygen atoms in total. The van der Waals surface area contributed by atoms with Crippen LogP contribution < -0.4 is 5.32 Å². The smallest absolute Gasteiger partial charge is 0.258 e. The van der Waals surface area contributed by atoms with Gasteiger partial charge in [-0.3, -0.25) is 4.79 Å². The van der Waals surface area contributed by atoms with Gasteiger partial charge in [-0.2, -0.15) is 0 Å². The minimum Gasteiger partial charge on any atom is -0.457 e. The molecule has 1 N–H and O–H groups in total. The van der Waals surface area contributed by atoms with E-state index < -0.39 is 6.17 Å². The summed E-state index contributed by atoms with van der Waals surface area (Å²) in [7, 11) is 0. The molecule has 0 unspecified atom stereocenters. The Bertz CT molecular complexity index is 1040. The van der Waals surface area contributed by atoms with E-state index in [9.17, 15) is 9.18 Å². The average molecular weight is 392 g/mol. The lowest BCUT2D eigenvalue weighted by Gasteiger charge is -2.37. The molecule has 148 valence electrons. The van der Waals surface area contributed by atoms with Crippen LogP contribution in [0.5, 0.6) is 0 Å². The number of furan rings is 1. The first-order valence-electron chi connectivity index (χ1n) is 9.83. The third-order valence-electron chi connectivity index (χ3n) is 5.48. The predicted molar refractivity (Wildman–Crippen MR) is 107 cm³/mol. The lowest BCUT2D eigenvalue weighted by Crippen LogP contribution is -2.46. The highest BCUT2D eigenvalue weighted by Gasteiger charge is 2.36. The van der Waals surface area contributed by atoms with Crippen LogP contribution in [0.25, 0.3) is 11.3 Å². The van der Waals surface area contributed by atoms with Gasteiger partial charge in [0.25, 0.3) is 5.91 Å². The van der Waals surface area contributed by atoms with Crippen molar-refractivity contribution in [2.75, 3.05) is 18.5 Å². The van der Waals surface area contributed by atoms with E-state index >= 15 is 0 Å². The molecule has 0 aliphatic carbocycles. The highest BCUT2D eigenvalue weighted by molar-refractivity contribution is 6.01. The number of amides is 1. The van der Waals surface area contributed by atoms with Gasteiger partial charge in [-0.1, -0.05) is 24.3 Å². The van der Waals surface area contributed by atoms with Gasteiger partial charge in [0.05, 0.1) is 17.2 Å². The van der Waals surface area contributed by atoms with E-state index in [1.54, 1.807) is 35.2 Å². The number of halogens is 1. The molecule has 1 aromatic heterocycles. The maximum absolute atomic E-state index is 14.2. The van der Waals surface area contributed by atoms with E-state index in [0.717, 1.165) is 25.1 Å². The van der Waals surface area contributed by atoms with Crippen LogP contribution in [0.15, 0.2) is 65.1 Å². The number of anilines is 1. The Morgan fingerprint density at radius 3 is 2.62 bits per heavy atom. The Morgan fingerprint density at radius 2 is 1.83 bits per heavy atom. The van der Waals surface area contributed by atoms with Crippen molar-refractivity contribution in [3.63, 3.8) is 0 Å². The van der Waals surface area contributed by atoms with Crippen molar-refractivity contribution >= 4 is 11.6 Å². The third kappa shape index (κ3) is 3.29. The number of hydrogen-bond donors (Lipinski definition) is 1. The third-order valence-corrected chi connectivity index (χ3v) is 5.48. The van der Waals surface area contributed by atoms with E-state index in [0.29, 0.717) is 29.2 Å². The molecular weight excluding hydrogens is 371 g/mol. The van der Waals surface area contributed by atoms with Gasteiger partial charge < -0.3 is 19.4 Å². The minimum atomic E-state index is -0.484. The summed E-state index contributed by atoms with van der Waals surface area (Å²) >= 11 is 0. The number of carbonyl (C=O) groups excluding carboxylic acids is 1. The van der Waals surface area contributed by atoms with Crippen molar-refractivity contribution in [1.29, 1.82) is 0 Å². The number of rotatable bonds is 4. The fraction of sp³-hybridized carbons (Fsp3) is 0.261. The standard InChI is InChI=1S/C23H21FN2O3/c24-18-9-3-1-7-16(18)20-11-12-21(29-20)22-25-19-10-4-2-8-17(19)23(27)26(22)14-15-6-5-13-28-15/h1-4,7-12,15,22,25H,5-6,13-14H2/t15-,22-/m1/s1. The monoisotopic (exact) mass is 392 g/mol. The van der Waals surface area contributed by atoms with E-state index in [-0.39, 0.29) is 17.8 Å². The SMILES string of the molecule is O=C1c2ccccc2N[C@@H](c2ccc(-c3ccccc3F)o2)N1C[C@H]1CCCO1. The largest absolute Gasteiger partial charge is 0.457 e. The van der Waals surface area contributed by atoms with Crippen molar-refractivity contribution in [1.82, 2.24) is 4.90 Å². The quantitative estimate of drug-likeness (QED) is 0.691. The van der Waals surface area contributed by atoms with Crippen molar-refractivity contribution in [3.05, 3.63) is 77.8 Å². The molecule has 2 aromatic carbocycles. The maximum Gasteiger partial charge on any atom is 0.258 e. The van der Waals surface area contributed by atoms with Crippen LogP contribution in [0.1, 0.15) is 35.1 Å². The van der Waals surface area contributed by atoms with E-state index in [2.05, 4.69) is 5.32 Å². The van der Waals surface area contributed by atoms with E-state index in [1.165, 1.54) is 6.07 Å². The molecule has 0 bridgehead atoms. The van der Waals surface area contributed by atoms with Crippen LogP contribution in [0.2, 0.25) is 0 Å². The molecule has 2 aliphatic rings. The second-order valence-corrected chi connectivity index (χ2v) is 7.37. The topological polar surface area (TPSA) is 54.7 Å². The maximum atomic E-state index is 14.2. The van der Waals surface area contributed by atoms with E-state index in [4.69, 9.17) is 9.15 Å². The zero-order valence-corrected chi connectivity index (χ0v) is 15.8. The number of para-hydroxylation sites is 1. The van der Waals surface area contributed by atoms with Gasteiger partial charge in [0.1, 0.15) is 17.3 Å². The summed E-state index contributed by atoms with van der Waals surface area (Å²) in [6.45, 7) is 1.19. The second-order valence-electron chi connectivity index (χ2n) is 7.37. The molecule has 1 amide bonds. The number of hydrogen-bond acceptors (Lipinski definition) is 4. The highest BCUT2D eigenvalue weighted by Crippen LogP contribution is 2.36. The molecule has 0 spiro atoms. The zero-order chi connectivity index (χ0) is 19.8. The molecule has 1 saturated heterocycles. The molecular formula is C23H21FN2O3. The Labute approximate surface area is 168 Å². The fourth-order valence-corrected chi connectivity index (χ4v) is 4.02. The first-order valence-corrected chi connectivity index (χ1v) is 9.83. The fourth-order valence-electron chi connectivity index (χ4n) is 4.02. The molecule has 3 heterocycles. The first kappa shape index (κ1) is 17.9. The van der Waals surface area contributed by atoms with Gasteiger partial charge in [-0.25, -0.2) is 4.39 Å². The lowest BCUT2D eigenvalue weighted by atomic mass is 10.1. The minimum absolute atomic E-state index is 0.00881. The van der Waals surface area contributed by atoms with Crippen LogP contribution >= 0.6 is 0 Å². The molecule has 2 aliphatic heterocycles. The van der Waals surface area contributed by atoms with Crippen LogP contribution in [-0.2, 0) is 4.74 Å². The van der Waals surface area contributed by atoms with Crippen molar-refractivity contribution in [2.24, 2.45) is 0 Å². The molecule has 5 rings (SSSR count). The molecule has 6 heteroatoms. The normalized spacial score (nSPS) is 21.1. The molecule has 29 heavy (non-hydrogen) atoms. The van der Waals surface area contributed by atoms with Crippen LogP contribution in [0.4, 0.5) is 10.1 Å². The number of ether oxygens (including phenoxy) is 1. The van der Waals surface area contributed by atoms with Gasteiger partial charge in [0.15, 0.2) is 6.17 Å². The van der Waals surface area contributed by atoms with Gasteiger partial charge >= 0.3 is 0 Å². The summed E-state index contributed by atoms with van der Waals surface area (Å²) in [5.41, 5.74) is 1.78. The molecule has 0 saturated carbocycles. The second kappa shape index (κ2) is 7.37. The Kier molecular flexibility index (Phi) is 4.56. The Morgan fingerprint density at radius 1 is 1.03 bits per heavy atom. The van der Waals surface area contributed by atoms with Crippen LogP contribution in [0, 0.1) is 5.82 Å². The first-order chi connectivity index (χ1) is 14.2. The summed E-state index contributed by atoms with van der Waals surface area (Å²) in [4.78, 5) is 15.0. The van der Waals surface area contributed by atoms with Gasteiger partial charge in [-0.15, -0.1) is 0 Å². The molecule has 1 fully saturated rings. The van der Waals surface area contributed by atoms with Crippen molar-refractivity contribution < 1.29 is 18.3 Å². The van der Waals surface area contributed by atoms with Crippen LogP contribution in [0.3, 0.4) is 0 Å². The number of fused-ring (bicyclic) bond motifs is 1. The van der Waals surface area contributed by atoms with Crippen LogP contribution in [-0.4, -0.2) is 30.1 Å². The summed E-state index contributed by atoms with van der Waals surface area (Å²) in [6, 6.07) is 17.5. The summed E-state index contributed by atoms with van der Waals surface area (Å²) in [5, 5.41) is 3.41. The summed E-state index contributed by atoms with van der Waals surface area (Å²) < 4.78 is 26.0. The van der Waals surface area contributed by atoms with Gasteiger partial charge in [-0.05, 0) is 49.2 Å². The lowest BCUT2D eigenvalue weighted by molar-refractivity contribution is 0.0403. The number of nitrogens with one attached hydrogen (secondary N) is 1.